The van der Waals surface area contributed by atoms with Crippen LogP contribution in [0.1, 0.15) is 23.1 Å². The molecule has 3 rings (SSSR count). The zero-order valence-electron chi connectivity index (χ0n) is 15.1. The van der Waals surface area contributed by atoms with Crippen LogP contribution < -0.4 is 5.32 Å². The molecular weight excluding hydrogens is 331 g/mol. The van der Waals surface area contributed by atoms with Crippen LogP contribution in [0.25, 0.3) is 0 Å². The van der Waals surface area contributed by atoms with Crippen LogP contribution in [-0.2, 0) is 20.0 Å². The number of aryl methyl sites for hydroxylation is 1. The Morgan fingerprint density at radius 2 is 2.35 bits per heavy atom. The van der Waals surface area contributed by atoms with Crippen LogP contribution in [0.15, 0.2) is 35.6 Å². The Hall–Kier alpha value is -2.88. The molecule has 6 nitrogen and oxygen atoms in total. The Bertz CT molecular complexity index is 835. The largest absolute Gasteiger partial charge is 0.352 e. The standard InChI is InChI=1S/C19H23FN6/c1-22-19(23-11-17-4-3-14(9-21)8-18(17)20)26-6-5-15(13-26)7-16-10-24-25(2)12-16/h3-4,8,10,12,15H,5-7,11,13H2,1-2H3,(H,22,23). The molecule has 2 heterocycles. The Labute approximate surface area is 153 Å². The number of halogens is 1. The SMILES string of the molecule is CN=C(NCc1ccc(C#N)cc1F)N1CCC(Cc2cnn(C)c2)C1. The van der Waals surface area contributed by atoms with Crippen molar-refractivity contribution >= 4 is 5.96 Å². The first-order valence-electron chi connectivity index (χ1n) is 8.70. The molecule has 0 spiro atoms. The summed E-state index contributed by atoms with van der Waals surface area (Å²) in [6.07, 6.45) is 6.08. The van der Waals surface area contributed by atoms with E-state index in [9.17, 15) is 4.39 Å². The highest BCUT2D eigenvalue weighted by Gasteiger charge is 2.25. The van der Waals surface area contributed by atoms with Crippen LogP contribution in [0.5, 0.6) is 0 Å². The fraction of sp³-hybridized carbons (Fsp3) is 0.421. The summed E-state index contributed by atoms with van der Waals surface area (Å²) in [5.41, 5.74) is 2.10. The van der Waals surface area contributed by atoms with Gasteiger partial charge >= 0.3 is 0 Å². The van der Waals surface area contributed by atoms with E-state index in [2.05, 4.69) is 26.5 Å². The Kier molecular flexibility index (Phi) is 5.52. The maximum Gasteiger partial charge on any atom is 0.193 e. The predicted molar refractivity (Wildman–Crippen MR) is 97.9 cm³/mol. The minimum absolute atomic E-state index is 0.327. The van der Waals surface area contributed by atoms with Crippen molar-refractivity contribution in [1.29, 1.82) is 5.26 Å². The van der Waals surface area contributed by atoms with Gasteiger partial charge in [-0.05, 0) is 36.5 Å². The molecule has 1 aromatic carbocycles. The van der Waals surface area contributed by atoms with Crippen LogP contribution in [0, 0.1) is 23.1 Å². The normalized spacial score (nSPS) is 17.4. The molecule has 0 amide bonds. The molecule has 26 heavy (non-hydrogen) atoms. The number of rotatable bonds is 4. The number of benzene rings is 1. The minimum atomic E-state index is -0.372. The van der Waals surface area contributed by atoms with E-state index in [1.165, 1.54) is 11.6 Å². The van der Waals surface area contributed by atoms with Gasteiger partial charge < -0.3 is 10.2 Å². The van der Waals surface area contributed by atoms with Crippen LogP contribution in [0.2, 0.25) is 0 Å². The monoisotopic (exact) mass is 354 g/mol. The molecule has 0 aliphatic carbocycles. The van der Waals surface area contributed by atoms with Crippen LogP contribution in [-0.4, -0.2) is 40.8 Å². The molecule has 7 heteroatoms. The van der Waals surface area contributed by atoms with Gasteiger partial charge in [0.05, 0.1) is 17.8 Å². The second-order valence-corrected chi connectivity index (χ2v) is 6.65. The number of likely N-dealkylation sites (tertiary alicyclic amines) is 1. The van der Waals surface area contributed by atoms with Gasteiger partial charge in [-0.15, -0.1) is 0 Å². The third-order valence-corrected chi connectivity index (χ3v) is 4.70. The van der Waals surface area contributed by atoms with E-state index in [-0.39, 0.29) is 5.82 Å². The fourth-order valence-corrected chi connectivity index (χ4v) is 3.37. The highest BCUT2D eigenvalue weighted by atomic mass is 19.1. The molecule has 1 fully saturated rings. The summed E-state index contributed by atoms with van der Waals surface area (Å²) in [6, 6.07) is 6.48. The molecular formula is C19H23FN6. The number of nitrogens with one attached hydrogen (secondary N) is 1. The van der Waals surface area contributed by atoms with E-state index in [1.54, 1.807) is 19.2 Å². The summed E-state index contributed by atoms with van der Waals surface area (Å²) in [7, 11) is 3.67. The fourth-order valence-electron chi connectivity index (χ4n) is 3.37. The average Bonchev–Trinajstić information content (AvgIpc) is 3.26. The second-order valence-electron chi connectivity index (χ2n) is 6.65. The summed E-state index contributed by atoms with van der Waals surface area (Å²) in [5, 5.41) is 16.3. The van der Waals surface area contributed by atoms with Crippen LogP contribution in [0.3, 0.4) is 0 Å². The van der Waals surface area contributed by atoms with Crippen molar-refractivity contribution in [1.82, 2.24) is 20.0 Å². The molecule has 1 N–H and O–H groups in total. The van der Waals surface area contributed by atoms with Gasteiger partial charge in [-0.1, -0.05) is 6.07 Å². The zero-order chi connectivity index (χ0) is 18.5. The number of hydrogen-bond acceptors (Lipinski definition) is 3. The maximum atomic E-state index is 14.0. The highest BCUT2D eigenvalue weighted by molar-refractivity contribution is 5.80. The Morgan fingerprint density at radius 1 is 1.50 bits per heavy atom. The second kappa shape index (κ2) is 8.00. The van der Waals surface area contributed by atoms with E-state index in [4.69, 9.17) is 5.26 Å². The van der Waals surface area contributed by atoms with Gasteiger partial charge in [0.25, 0.3) is 0 Å². The van der Waals surface area contributed by atoms with Gasteiger partial charge in [-0.3, -0.25) is 9.67 Å². The topological polar surface area (TPSA) is 69.2 Å². The molecule has 1 unspecified atom stereocenters. The predicted octanol–water partition coefficient (Wildman–Crippen LogP) is 2.07. The molecule has 136 valence electrons. The lowest BCUT2D eigenvalue weighted by atomic mass is 10.0. The summed E-state index contributed by atoms with van der Waals surface area (Å²) >= 11 is 0. The summed E-state index contributed by atoms with van der Waals surface area (Å²) in [4.78, 5) is 6.55. The van der Waals surface area contributed by atoms with E-state index in [0.717, 1.165) is 31.9 Å². The maximum absolute atomic E-state index is 14.0. The van der Waals surface area contributed by atoms with Crippen molar-refractivity contribution < 1.29 is 4.39 Å². The molecule has 0 radical (unpaired) electrons. The first-order valence-corrected chi connectivity index (χ1v) is 8.70. The lowest BCUT2D eigenvalue weighted by Gasteiger charge is -2.22. The lowest BCUT2D eigenvalue weighted by molar-refractivity contribution is 0.458. The smallest absolute Gasteiger partial charge is 0.193 e. The number of hydrogen-bond donors (Lipinski definition) is 1. The number of aliphatic imine (C=N–C) groups is 1. The van der Waals surface area contributed by atoms with E-state index < -0.39 is 0 Å². The quantitative estimate of drug-likeness (QED) is 0.674. The van der Waals surface area contributed by atoms with Crippen LogP contribution in [0.4, 0.5) is 4.39 Å². The first-order chi connectivity index (χ1) is 12.6. The molecule has 1 aliphatic heterocycles. The van der Waals surface area contributed by atoms with Crippen LogP contribution >= 0.6 is 0 Å². The summed E-state index contributed by atoms with van der Waals surface area (Å²) < 4.78 is 15.9. The summed E-state index contributed by atoms with van der Waals surface area (Å²) in [5.74, 6) is 0.967. The van der Waals surface area contributed by atoms with Crippen molar-refractivity contribution in [3.63, 3.8) is 0 Å². The van der Waals surface area contributed by atoms with Gasteiger partial charge in [0.2, 0.25) is 0 Å². The van der Waals surface area contributed by atoms with Gasteiger partial charge in [-0.2, -0.15) is 10.4 Å². The lowest BCUT2D eigenvalue weighted by Crippen LogP contribution is -2.39. The van der Waals surface area contributed by atoms with Crippen molar-refractivity contribution in [3.8, 4) is 6.07 Å². The highest BCUT2D eigenvalue weighted by Crippen LogP contribution is 2.21. The third kappa shape index (κ3) is 4.20. The molecule has 1 aliphatic rings. The number of nitrogens with zero attached hydrogens (tertiary/aromatic N) is 5. The van der Waals surface area contributed by atoms with Crippen molar-refractivity contribution in [2.24, 2.45) is 18.0 Å². The third-order valence-electron chi connectivity index (χ3n) is 4.70. The number of guanidine groups is 1. The Balaban J connectivity index is 1.55. The Morgan fingerprint density at radius 3 is 3.00 bits per heavy atom. The molecule has 1 saturated heterocycles. The van der Waals surface area contributed by atoms with Gasteiger partial charge in [0, 0.05) is 45.5 Å². The van der Waals surface area contributed by atoms with Gasteiger partial charge in [0.15, 0.2) is 5.96 Å². The minimum Gasteiger partial charge on any atom is -0.352 e. The van der Waals surface area contributed by atoms with Crippen molar-refractivity contribution in [3.05, 3.63) is 53.1 Å². The van der Waals surface area contributed by atoms with E-state index in [1.807, 2.05) is 24.0 Å². The number of nitriles is 1. The molecule has 1 atom stereocenters. The zero-order valence-corrected chi connectivity index (χ0v) is 15.1. The van der Waals surface area contributed by atoms with Crippen molar-refractivity contribution in [2.75, 3.05) is 20.1 Å². The van der Waals surface area contributed by atoms with Crippen molar-refractivity contribution in [2.45, 2.75) is 19.4 Å². The first kappa shape index (κ1) is 17.9. The molecule has 0 saturated carbocycles. The van der Waals surface area contributed by atoms with E-state index in [0.29, 0.717) is 23.6 Å². The summed E-state index contributed by atoms with van der Waals surface area (Å²) in [6.45, 7) is 2.19. The molecule has 1 aromatic heterocycles. The average molecular weight is 354 g/mol. The number of aromatic nitrogens is 2. The molecule has 2 aromatic rings. The molecule has 0 bridgehead atoms. The van der Waals surface area contributed by atoms with E-state index >= 15 is 0 Å². The van der Waals surface area contributed by atoms with Gasteiger partial charge in [-0.25, -0.2) is 4.39 Å². The van der Waals surface area contributed by atoms with Gasteiger partial charge in [0.1, 0.15) is 5.82 Å².